The summed E-state index contributed by atoms with van der Waals surface area (Å²) in [6.07, 6.45) is 3.70. The second kappa shape index (κ2) is 8.58. The van der Waals surface area contributed by atoms with Crippen molar-refractivity contribution >= 4 is 18.1 Å². The first-order valence-electron chi connectivity index (χ1n) is 8.77. The number of nitrogens with zero attached hydrogens (tertiary/aromatic N) is 2. The van der Waals surface area contributed by atoms with Crippen molar-refractivity contribution in [2.45, 2.75) is 45.3 Å². The fourth-order valence-corrected chi connectivity index (χ4v) is 2.78. The Kier molecular flexibility index (Phi) is 6.45. The van der Waals surface area contributed by atoms with Gasteiger partial charge in [0.2, 0.25) is 0 Å². The van der Waals surface area contributed by atoms with Gasteiger partial charge in [-0.25, -0.2) is 9.59 Å². The summed E-state index contributed by atoms with van der Waals surface area (Å²) in [7, 11) is 0. The molecule has 0 spiro atoms. The van der Waals surface area contributed by atoms with Gasteiger partial charge in [0.1, 0.15) is 18.0 Å². The zero-order chi connectivity index (χ0) is 20.0. The van der Waals surface area contributed by atoms with Crippen LogP contribution in [-0.4, -0.2) is 46.9 Å². The van der Waals surface area contributed by atoms with E-state index in [0.717, 1.165) is 18.9 Å². The van der Waals surface area contributed by atoms with Gasteiger partial charge in [0.05, 0.1) is 17.7 Å². The topological polar surface area (TPSA) is 99.9 Å². The van der Waals surface area contributed by atoms with Crippen LogP contribution in [0, 0.1) is 11.3 Å². The second-order valence-electron chi connectivity index (χ2n) is 7.32. The minimum absolute atomic E-state index is 0.137. The Morgan fingerprint density at radius 2 is 2.15 bits per heavy atom. The number of likely N-dealkylation sites (tertiary alicyclic amines) is 1. The fraction of sp³-hybridized carbons (Fsp3) is 0.450. The average molecular weight is 372 g/mol. The Morgan fingerprint density at radius 1 is 1.41 bits per heavy atom. The Labute approximate surface area is 158 Å². The van der Waals surface area contributed by atoms with Gasteiger partial charge in [-0.15, -0.1) is 0 Å². The van der Waals surface area contributed by atoms with Crippen LogP contribution in [0.4, 0.5) is 4.79 Å². The first-order chi connectivity index (χ1) is 12.7. The number of benzene rings is 1. The van der Waals surface area contributed by atoms with E-state index in [4.69, 9.17) is 19.8 Å². The number of carboxylic acid groups (broad SMARTS) is 1. The molecule has 1 atom stereocenters. The molecule has 1 aromatic rings. The maximum atomic E-state index is 12.4. The van der Waals surface area contributed by atoms with Gasteiger partial charge in [-0.1, -0.05) is 0 Å². The highest BCUT2D eigenvalue weighted by molar-refractivity contribution is 5.86. The molecule has 144 valence electrons. The summed E-state index contributed by atoms with van der Waals surface area (Å²) >= 11 is 0. The van der Waals surface area contributed by atoms with Crippen LogP contribution < -0.4 is 4.74 Å². The zero-order valence-corrected chi connectivity index (χ0v) is 15.8. The van der Waals surface area contributed by atoms with E-state index in [0.29, 0.717) is 23.4 Å². The summed E-state index contributed by atoms with van der Waals surface area (Å²) in [6.45, 7) is 6.30. The molecule has 1 amide bonds. The molecule has 2 rings (SSSR count). The highest BCUT2D eigenvalue weighted by Gasteiger charge is 2.32. The molecule has 0 bridgehead atoms. The number of amides is 1. The molecule has 27 heavy (non-hydrogen) atoms. The number of hydrogen-bond donors (Lipinski definition) is 1. The molecule has 1 heterocycles. The first kappa shape index (κ1) is 20.3. The van der Waals surface area contributed by atoms with Crippen molar-refractivity contribution in [3.63, 3.8) is 0 Å². The van der Waals surface area contributed by atoms with Crippen LogP contribution in [0.1, 0.15) is 44.7 Å². The predicted octanol–water partition coefficient (Wildman–Crippen LogP) is 3.43. The molecule has 1 saturated heterocycles. The third-order valence-electron chi connectivity index (χ3n) is 3.98. The minimum atomic E-state index is -1.07. The van der Waals surface area contributed by atoms with E-state index in [9.17, 15) is 9.59 Å². The van der Waals surface area contributed by atoms with E-state index in [1.54, 1.807) is 23.1 Å². The molecule has 1 aliphatic rings. The Bertz CT molecular complexity index is 774. The summed E-state index contributed by atoms with van der Waals surface area (Å²) in [6, 6.07) is 6.69. The van der Waals surface area contributed by atoms with Crippen molar-refractivity contribution < 1.29 is 24.2 Å². The van der Waals surface area contributed by atoms with Gasteiger partial charge in [-0.05, 0) is 57.9 Å². The summed E-state index contributed by atoms with van der Waals surface area (Å²) < 4.78 is 11.3. The number of hydrogen-bond acceptors (Lipinski definition) is 5. The monoisotopic (exact) mass is 372 g/mol. The third kappa shape index (κ3) is 6.03. The standard InChI is InChI=1S/C20H24N2O5/c1-20(2,3)27-19(25)22-10-4-5-16(22)13-26-17-11-14(12-21)6-7-15(17)8-9-18(23)24/h6-9,11,16H,4-5,10,13H2,1-3H3,(H,23,24)/t16-/m1/s1. The summed E-state index contributed by atoms with van der Waals surface area (Å²) in [4.78, 5) is 24.8. The van der Waals surface area contributed by atoms with E-state index in [1.165, 1.54) is 6.08 Å². The van der Waals surface area contributed by atoms with Gasteiger partial charge in [0, 0.05) is 18.2 Å². The molecule has 0 unspecified atom stereocenters. The van der Waals surface area contributed by atoms with Gasteiger partial charge in [0.25, 0.3) is 0 Å². The number of carboxylic acids is 1. The van der Waals surface area contributed by atoms with Crippen LogP contribution >= 0.6 is 0 Å². The van der Waals surface area contributed by atoms with Crippen LogP contribution in [0.2, 0.25) is 0 Å². The van der Waals surface area contributed by atoms with E-state index in [1.807, 2.05) is 26.8 Å². The van der Waals surface area contributed by atoms with Gasteiger partial charge in [0.15, 0.2) is 0 Å². The normalized spacial score (nSPS) is 17.0. The number of aliphatic carboxylic acids is 1. The molecule has 1 N–H and O–H groups in total. The van der Waals surface area contributed by atoms with Crippen molar-refractivity contribution in [2.24, 2.45) is 0 Å². The molecule has 7 nitrogen and oxygen atoms in total. The van der Waals surface area contributed by atoms with E-state index in [-0.39, 0.29) is 18.7 Å². The van der Waals surface area contributed by atoms with E-state index in [2.05, 4.69) is 0 Å². The number of ether oxygens (including phenoxy) is 2. The van der Waals surface area contributed by atoms with E-state index < -0.39 is 11.6 Å². The molecule has 7 heteroatoms. The van der Waals surface area contributed by atoms with Gasteiger partial charge in [-0.3, -0.25) is 0 Å². The lowest BCUT2D eigenvalue weighted by Gasteiger charge is -2.28. The molecular formula is C20H24N2O5. The molecule has 1 fully saturated rings. The Morgan fingerprint density at radius 3 is 2.78 bits per heavy atom. The molecular weight excluding hydrogens is 348 g/mol. The average Bonchev–Trinajstić information content (AvgIpc) is 3.05. The maximum Gasteiger partial charge on any atom is 0.410 e. The molecule has 1 aromatic carbocycles. The summed E-state index contributed by atoms with van der Waals surface area (Å²) in [5.74, 6) is -0.667. The molecule has 0 aliphatic carbocycles. The zero-order valence-electron chi connectivity index (χ0n) is 15.8. The number of nitriles is 1. The third-order valence-corrected chi connectivity index (χ3v) is 3.98. The van der Waals surface area contributed by atoms with Crippen molar-refractivity contribution in [3.05, 3.63) is 35.4 Å². The highest BCUT2D eigenvalue weighted by Crippen LogP contribution is 2.25. The fourth-order valence-electron chi connectivity index (χ4n) is 2.78. The number of carbonyl (C=O) groups is 2. The van der Waals surface area contributed by atoms with Crippen molar-refractivity contribution in [3.8, 4) is 11.8 Å². The largest absolute Gasteiger partial charge is 0.491 e. The van der Waals surface area contributed by atoms with Crippen molar-refractivity contribution in [1.29, 1.82) is 5.26 Å². The predicted molar refractivity (Wildman–Crippen MR) is 99.3 cm³/mol. The van der Waals surface area contributed by atoms with Crippen molar-refractivity contribution in [2.75, 3.05) is 13.2 Å². The van der Waals surface area contributed by atoms with Crippen LogP contribution in [0.5, 0.6) is 5.75 Å². The summed E-state index contributed by atoms with van der Waals surface area (Å²) in [5.41, 5.74) is 0.396. The quantitative estimate of drug-likeness (QED) is 0.795. The molecule has 1 aliphatic heterocycles. The van der Waals surface area contributed by atoms with Gasteiger partial charge in [-0.2, -0.15) is 5.26 Å². The lowest BCUT2D eigenvalue weighted by Crippen LogP contribution is -2.42. The Balaban J connectivity index is 2.11. The van der Waals surface area contributed by atoms with Gasteiger partial charge < -0.3 is 19.5 Å². The highest BCUT2D eigenvalue weighted by atomic mass is 16.6. The van der Waals surface area contributed by atoms with Crippen LogP contribution in [-0.2, 0) is 9.53 Å². The second-order valence-corrected chi connectivity index (χ2v) is 7.32. The molecule has 0 saturated carbocycles. The summed E-state index contributed by atoms with van der Waals surface area (Å²) in [5, 5.41) is 17.9. The van der Waals surface area contributed by atoms with Crippen LogP contribution in [0.15, 0.2) is 24.3 Å². The lowest BCUT2D eigenvalue weighted by atomic mass is 10.1. The Hall–Kier alpha value is -3.01. The smallest absolute Gasteiger partial charge is 0.410 e. The maximum absolute atomic E-state index is 12.4. The first-order valence-corrected chi connectivity index (χ1v) is 8.77. The van der Waals surface area contributed by atoms with E-state index >= 15 is 0 Å². The van der Waals surface area contributed by atoms with Gasteiger partial charge >= 0.3 is 12.1 Å². The molecule has 0 aromatic heterocycles. The minimum Gasteiger partial charge on any atom is -0.491 e. The van der Waals surface area contributed by atoms with Crippen molar-refractivity contribution in [1.82, 2.24) is 4.90 Å². The molecule has 0 radical (unpaired) electrons. The van der Waals surface area contributed by atoms with Crippen LogP contribution in [0.25, 0.3) is 6.08 Å². The number of rotatable bonds is 5. The SMILES string of the molecule is CC(C)(C)OC(=O)N1CCC[C@@H]1COc1cc(C#N)ccc1C=CC(=O)O. The van der Waals surface area contributed by atoms with Crippen LogP contribution in [0.3, 0.4) is 0 Å². The number of carbonyl (C=O) groups excluding carboxylic acids is 1. The lowest BCUT2D eigenvalue weighted by molar-refractivity contribution is -0.131.